The van der Waals surface area contributed by atoms with Crippen molar-refractivity contribution in [2.24, 2.45) is 5.73 Å². The Morgan fingerprint density at radius 3 is 3.00 bits per heavy atom. The molecule has 1 aliphatic rings. The largest absolute Gasteiger partial charge is 0.326 e. The summed E-state index contributed by atoms with van der Waals surface area (Å²) >= 11 is 0. The Hall–Kier alpha value is -0.920. The van der Waals surface area contributed by atoms with Crippen LogP contribution in [0, 0.1) is 0 Å². The second kappa shape index (κ2) is 5.38. The summed E-state index contributed by atoms with van der Waals surface area (Å²) in [6.07, 6.45) is 5.27. The van der Waals surface area contributed by atoms with Crippen LogP contribution in [0.3, 0.4) is 0 Å². The van der Waals surface area contributed by atoms with Crippen LogP contribution < -0.4 is 5.73 Å². The zero-order valence-corrected chi connectivity index (χ0v) is 11.4. The van der Waals surface area contributed by atoms with Crippen molar-refractivity contribution in [3.63, 3.8) is 0 Å². The average molecular weight is 272 g/mol. The maximum Gasteiger partial charge on any atom is 0.260 e. The summed E-state index contributed by atoms with van der Waals surface area (Å²) in [6, 6.07) is 0.0951. The summed E-state index contributed by atoms with van der Waals surface area (Å²) < 4.78 is 26.8. The van der Waals surface area contributed by atoms with Gasteiger partial charge in [0.05, 0.1) is 6.20 Å². The summed E-state index contributed by atoms with van der Waals surface area (Å²) in [5.41, 5.74) is 6.10. The van der Waals surface area contributed by atoms with Crippen LogP contribution in [0.4, 0.5) is 0 Å². The molecule has 1 aromatic rings. The standard InChI is InChI=1S/C11H20N4O2S/c1-2-10-5-3-4-6-15(10)18(16,17)11-9(7-12)8-13-14-11/h8,10H,2-7,12H2,1H3,(H,13,14). The molecule has 18 heavy (non-hydrogen) atoms. The highest BCUT2D eigenvalue weighted by Gasteiger charge is 2.34. The van der Waals surface area contributed by atoms with Crippen molar-refractivity contribution in [3.8, 4) is 0 Å². The van der Waals surface area contributed by atoms with Gasteiger partial charge in [0.2, 0.25) is 0 Å². The number of hydrogen-bond acceptors (Lipinski definition) is 4. The first-order valence-electron chi connectivity index (χ1n) is 6.35. The molecule has 0 bridgehead atoms. The van der Waals surface area contributed by atoms with Crippen molar-refractivity contribution in [1.82, 2.24) is 14.5 Å². The molecule has 0 amide bonds. The molecule has 7 heteroatoms. The van der Waals surface area contributed by atoms with Crippen LogP contribution in [0.1, 0.15) is 38.2 Å². The fourth-order valence-electron chi connectivity index (χ4n) is 2.48. The van der Waals surface area contributed by atoms with Gasteiger partial charge in [0.15, 0.2) is 5.03 Å². The molecular formula is C11H20N4O2S. The second-order valence-electron chi connectivity index (χ2n) is 4.60. The van der Waals surface area contributed by atoms with E-state index in [1.165, 1.54) is 6.20 Å². The zero-order chi connectivity index (χ0) is 13.2. The third-order valence-corrected chi connectivity index (χ3v) is 5.48. The molecule has 1 unspecified atom stereocenters. The second-order valence-corrected chi connectivity index (χ2v) is 6.43. The van der Waals surface area contributed by atoms with Gasteiger partial charge in [-0.15, -0.1) is 0 Å². The van der Waals surface area contributed by atoms with Gasteiger partial charge in [0, 0.05) is 24.7 Å². The Bertz CT molecular complexity index is 497. The number of nitrogens with zero attached hydrogens (tertiary/aromatic N) is 2. The predicted molar refractivity (Wildman–Crippen MR) is 68.3 cm³/mol. The van der Waals surface area contributed by atoms with E-state index in [0.717, 1.165) is 25.7 Å². The first kappa shape index (κ1) is 13.5. The first-order chi connectivity index (χ1) is 8.61. The van der Waals surface area contributed by atoms with Crippen LogP contribution in [0.5, 0.6) is 0 Å². The van der Waals surface area contributed by atoms with Crippen molar-refractivity contribution in [2.45, 2.75) is 50.2 Å². The van der Waals surface area contributed by atoms with Crippen LogP contribution in [-0.4, -0.2) is 35.5 Å². The lowest BCUT2D eigenvalue weighted by molar-refractivity contribution is 0.246. The quantitative estimate of drug-likeness (QED) is 0.849. The van der Waals surface area contributed by atoms with E-state index in [-0.39, 0.29) is 17.6 Å². The molecule has 1 aromatic heterocycles. The monoisotopic (exact) mass is 272 g/mol. The number of piperidine rings is 1. The van der Waals surface area contributed by atoms with E-state index < -0.39 is 10.0 Å². The van der Waals surface area contributed by atoms with Crippen molar-refractivity contribution in [3.05, 3.63) is 11.8 Å². The maximum atomic E-state index is 12.6. The molecule has 0 saturated carbocycles. The van der Waals surface area contributed by atoms with Gasteiger partial charge in [-0.3, -0.25) is 5.10 Å². The molecule has 0 aromatic carbocycles. The highest BCUT2D eigenvalue weighted by molar-refractivity contribution is 7.89. The van der Waals surface area contributed by atoms with E-state index in [0.29, 0.717) is 12.1 Å². The Morgan fingerprint density at radius 2 is 2.33 bits per heavy atom. The van der Waals surface area contributed by atoms with Gasteiger partial charge in [-0.05, 0) is 19.3 Å². The minimum atomic E-state index is -3.49. The molecule has 0 aliphatic carbocycles. The molecule has 1 atom stereocenters. The molecule has 2 rings (SSSR count). The average Bonchev–Trinajstić information content (AvgIpc) is 2.87. The zero-order valence-electron chi connectivity index (χ0n) is 10.6. The number of aromatic nitrogens is 2. The van der Waals surface area contributed by atoms with Gasteiger partial charge in [-0.1, -0.05) is 13.3 Å². The van der Waals surface area contributed by atoms with Gasteiger partial charge in [-0.2, -0.15) is 9.40 Å². The van der Waals surface area contributed by atoms with Crippen LogP contribution in [0.25, 0.3) is 0 Å². The fourth-order valence-corrected chi connectivity index (χ4v) is 4.37. The Kier molecular flexibility index (Phi) is 4.04. The SMILES string of the molecule is CCC1CCCCN1S(=O)(=O)c1[nH]ncc1CN. The topological polar surface area (TPSA) is 92.1 Å². The third-order valence-electron chi connectivity index (χ3n) is 3.51. The van der Waals surface area contributed by atoms with E-state index in [2.05, 4.69) is 10.2 Å². The Morgan fingerprint density at radius 1 is 1.56 bits per heavy atom. The number of nitrogens with two attached hydrogens (primary N) is 1. The number of sulfonamides is 1. The van der Waals surface area contributed by atoms with E-state index in [4.69, 9.17) is 5.73 Å². The first-order valence-corrected chi connectivity index (χ1v) is 7.79. The number of hydrogen-bond donors (Lipinski definition) is 2. The molecule has 1 fully saturated rings. The summed E-state index contributed by atoms with van der Waals surface area (Å²) in [5, 5.41) is 6.53. The van der Waals surface area contributed by atoms with Crippen molar-refractivity contribution < 1.29 is 8.42 Å². The lowest BCUT2D eigenvalue weighted by atomic mass is 10.0. The normalized spacial score (nSPS) is 22.2. The molecule has 0 spiro atoms. The van der Waals surface area contributed by atoms with E-state index in [9.17, 15) is 8.42 Å². The molecule has 102 valence electrons. The summed E-state index contributed by atoms with van der Waals surface area (Å²) in [6.45, 7) is 2.79. The smallest absolute Gasteiger partial charge is 0.260 e. The van der Waals surface area contributed by atoms with Crippen LogP contribution in [-0.2, 0) is 16.6 Å². The maximum absolute atomic E-state index is 12.6. The van der Waals surface area contributed by atoms with Gasteiger partial charge in [0.25, 0.3) is 10.0 Å². The molecule has 1 saturated heterocycles. The van der Waals surface area contributed by atoms with Crippen LogP contribution >= 0.6 is 0 Å². The van der Waals surface area contributed by atoms with Crippen LogP contribution in [0.15, 0.2) is 11.2 Å². The number of rotatable bonds is 4. The molecular weight excluding hydrogens is 252 g/mol. The van der Waals surface area contributed by atoms with Crippen molar-refractivity contribution in [2.75, 3.05) is 6.54 Å². The lowest BCUT2D eigenvalue weighted by Gasteiger charge is -2.33. The number of H-pyrrole nitrogens is 1. The number of nitrogens with one attached hydrogen (secondary N) is 1. The Balaban J connectivity index is 2.35. The lowest BCUT2D eigenvalue weighted by Crippen LogP contribution is -2.43. The molecule has 1 aliphatic heterocycles. The van der Waals surface area contributed by atoms with E-state index in [1.54, 1.807) is 4.31 Å². The van der Waals surface area contributed by atoms with E-state index in [1.807, 2.05) is 6.92 Å². The highest BCUT2D eigenvalue weighted by Crippen LogP contribution is 2.27. The molecule has 2 heterocycles. The van der Waals surface area contributed by atoms with Crippen molar-refractivity contribution >= 4 is 10.0 Å². The third kappa shape index (κ3) is 2.30. The van der Waals surface area contributed by atoms with E-state index >= 15 is 0 Å². The van der Waals surface area contributed by atoms with Crippen molar-refractivity contribution in [1.29, 1.82) is 0 Å². The van der Waals surface area contributed by atoms with Gasteiger partial charge in [0.1, 0.15) is 0 Å². The van der Waals surface area contributed by atoms with Crippen LogP contribution in [0.2, 0.25) is 0 Å². The summed E-state index contributed by atoms with van der Waals surface area (Å²) in [4.78, 5) is 0. The summed E-state index contributed by atoms with van der Waals surface area (Å²) in [7, 11) is -3.49. The predicted octanol–water partition coefficient (Wildman–Crippen LogP) is 0.822. The number of aromatic amines is 1. The molecule has 0 radical (unpaired) electrons. The molecule has 6 nitrogen and oxygen atoms in total. The van der Waals surface area contributed by atoms with Gasteiger partial charge in [-0.25, -0.2) is 8.42 Å². The molecule has 3 N–H and O–H groups in total. The Labute approximate surface area is 108 Å². The minimum Gasteiger partial charge on any atom is -0.326 e. The highest BCUT2D eigenvalue weighted by atomic mass is 32.2. The van der Waals surface area contributed by atoms with Gasteiger partial charge < -0.3 is 5.73 Å². The minimum absolute atomic E-state index is 0.0951. The fraction of sp³-hybridized carbons (Fsp3) is 0.727. The van der Waals surface area contributed by atoms with Gasteiger partial charge >= 0.3 is 0 Å². The summed E-state index contributed by atoms with van der Waals surface area (Å²) in [5.74, 6) is 0.